The highest BCUT2D eigenvalue weighted by Gasteiger charge is 2.30. The standard InChI is InChI=1S/C60H40O22/c1-31(61)72-43-21-11-6-16-38(43)56(67)77-37-29-50-52(51(30-37)81-59(70)41-19-9-14-24-46(41)75-34(4)64)53(66)55(82-60(71)42-20-10-15-25-47(42)76-35(5)65)54(78-50)36-26-27-48(79-57(68)39-17-7-12-22-44(39)73-32(2)62)49(28-36)80-58(69)40-18-8-13-23-45(40)74-33(3)63/h6-30H,1-5H3. The molecule has 0 spiro atoms. The molecule has 7 aromatic carbocycles. The number of hydrogen-bond acceptors (Lipinski definition) is 22. The second kappa shape index (κ2) is 24.8. The molecule has 1 heterocycles. The van der Waals surface area contributed by atoms with Crippen LogP contribution in [0.4, 0.5) is 0 Å². The number of benzene rings is 7. The van der Waals surface area contributed by atoms with E-state index >= 15 is 4.79 Å². The second-order valence-corrected chi connectivity index (χ2v) is 16.9. The van der Waals surface area contributed by atoms with Gasteiger partial charge >= 0.3 is 59.7 Å². The van der Waals surface area contributed by atoms with E-state index in [1.807, 2.05) is 0 Å². The number of rotatable bonds is 16. The van der Waals surface area contributed by atoms with E-state index in [1.165, 1.54) is 121 Å². The van der Waals surface area contributed by atoms with Crippen molar-refractivity contribution in [3.05, 3.63) is 190 Å². The van der Waals surface area contributed by atoms with Crippen molar-refractivity contribution in [1.82, 2.24) is 0 Å². The zero-order chi connectivity index (χ0) is 58.8. The lowest BCUT2D eigenvalue weighted by atomic mass is 10.1. The van der Waals surface area contributed by atoms with Gasteiger partial charge in [-0.15, -0.1) is 0 Å². The predicted octanol–water partition coefficient (Wildman–Crippen LogP) is 9.18. The van der Waals surface area contributed by atoms with Gasteiger partial charge in [0.15, 0.2) is 17.3 Å². The van der Waals surface area contributed by atoms with Gasteiger partial charge in [0.25, 0.3) is 0 Å². The summed E-state index contributed by atoms with van der Waals surface area (Å²) in [6.07, 6.45) is 0. The molecule has 412 valence electrons. The summed E-state index contributed by atoms with van der Waals surface area (Å²) in [5, 5.41) is -0.663. The Morgan fingerprint density at radius 2 is 0.646 bits per heavy atom. The average molecular weight is 1110 g/mol. The van der Waals surface area contributed by atoms with Crippen LogP contribution in [0.15, 0.2) is 161 Å². The first kappa shape index (κ1) is 56.6. The molecule has 0 aliphatic carbocycles. The summed E-state index contributed by atoms with van der Waals surface area (Å²) in [4.78, 5) is 146. The molecule has 0 radical (unpaired) electrons. The molecular formula is C60H40O22. The molecule has 0 saturated carbocycles. The third kappa shape index (κ3) is 13.4. The Kier molecular flexibility index (Phi) is 17.2. The van der Waals surface area contributed by atoms with Crippen molar-refractivity contribution < 1.29 is 99.7 Å². The van der Waals surface area contributed by atoms with E-state index in [0.29, 0.717) is 0 Å². The molecule has 0 aliphatic rings. The minimum absolute atomic E-state index is 0.206. The first-order chi connectivity index (χ1) is 39.2. The molecule has 0 atom stereocenters. The van der Waals surface area contributed by atoms with Crippen molar-refractivity contribution in [2.24, 2.45) is 0 Å². The van der Waals surface area contributed by atoms with Crippen LogP contribution < -0.4 is 52.8 Å². The molecule has 0 saturated heterocycles. The monoisotopic (exact) mass is 1110 g/mol. The van der Waals surface area contributed by atoms with E-state index in [2.05, 4.69) is 0 Å². The number of hydrogen-bond donors (Lipinski definition) is 0. The van der Waals surface area contributed by atoms with Crippen LogP contribution >= 0.6 is 0 Å². The summed E-state index contributed by atoms with van der Waals surface area (Å²) in [5.74, 6) is -15.3. The molecule has 0 aliphatic heterocycles. The lowest BCUT2D eigenvalue weighted by molar-refractivity contribution is -0.132. The van der Waals surface area contributed by atoms with Crippen LogP contribution in [0.25, 0.3) is 22.3 Å². The average Bonchev–Trinajstić information content (AvgIpc) is 2.25. The molecule has 8 aromatic rings. The predicted molar refractivity (Wildman–Crippen MR) is 281 cm³/mol. The van der Waals surface area contributed by atoms with E-state index in [4.69, 9.17) is 51.8 Å². The quantitative estimate of drug-likeness (QED) is 0.0643. The van der Waals surface area contributed by atoms with Gasteiger partial charge in [-0.1, -0.05) is 60.7 Å². The summed E-state index contributed by atoms with van der Waals surface area (Å²) in [6, 6.07) is 32.2. The fourth-order valence-electron chi connectivity index (χ4n) is 7.65. The van der Waals surface area contributed by atoms with Gasteiger partial charge in [0.05, 0.1) is 0 Å². The Morgan fingerprint density at radius 1 is 0.317 bits per heavy atom. The molecule has 22 nitrogen and oxygen atoms in total. The molecule has 0 N–H and O–H groups in total. The maximum atomic E-state index is 15.4. The van der Waals surface area contributed by atoms with E-state index < -0.39 is 116 Å². The van der Waals surface area contributed by atoms with Gasteiger partial charge in [-0.2, -0.15) is 0 Å². The van der Waals surface area contributed by atoms with E-state index in [-0.39, 0.29) is 56.6 Å². The van der Waals surface area contributed by atoms with Gasteiger partial charge < -0.3 is 51.8 Å². The molecular weight excluding hydrogens is 1070 g/mol. The molecule has 0 unspecified atom stereocenters. The maximum absolute atomic E-state index is 15.4. The third-order valence-corrected chi connectivity index (χ3v) is 10.9. The van der Waals surface area contributed by atoms with Crippen LogP contribution in [0, 0.1) is 0 Å². The number of fused-ring (bicyclic) bond motifs is 1. The SMILES string of the molecule is CC(=O)Oc1ccccc1C(=O)Oc1cc(OC(=O)c2ccccc2OC(C)=O)c2c(=O)c(OC(=O)c3ccccc3OC(C)=O)c(-c3ccc(OC(=O)c4ccccc4OC(C)=O)c(OC(=O)c4ccccc4OC(C)=O)c3)oc2c1. The van der Waals surface area contributed by atoms with Crippen LogP contribution in [0.2, 0.25) is 0 Å². The number of carbonyl (C=O) groups excluding carboxylic acids is 10. The van der Waals surface area contributed by atoms with Crippen molar-refractivity contribution in [2.45, 2.75) is 34.6 Å². The van der Waals surface area contributed by atoms with E-state index in [1.54, 1.807) is 0 Å². The number of carbonyl (C=O) groups is 10. The van der Waals surface area contributed by atoms with Crippen molar-refractivity contribution in [2.75, 3.05) is 0 Å². The minimum Gasteiger partial charge on any atom is -0.452 e. The Balaban J connectivity index is 1.37. The van der Waals surface area contributed by atoms with Crippen LogP contribution in [0.3, 0.4) is 0 Å². The lowest BCUT2D eigenvalue weighted by Crippen LogP contribution is -2.19. The summed E-state index contributed by atoms with van der Waals surface area (Å²) < 4.78 is 61.5. The maximum Gasteiger partial charge on any atom is 0.347 e. The highest BCUT2D eigenvalue weighted by molar-refractivity contribution is 6.01. The summed E-state index contributed by atoms with van der Waals surface area (Å²) in [5.41, 5.74) is -3.74. The Morgan fingerprint density at radius 3 is 1.02 bits per heavy atom. The van der Waals surface area contributed by atoms with Gasteiger partial charge in [-0.25, -0.2) is 24.0 Å². The van der Waals surface area contributed by atoms with Gasteiger partial charge in [0.1, 0.15) is 79.0 Å². The number of para-hydroxylation sites is 5. The van der Waals surface area contributed by atoms with Crippen molar-refractivity contribution in [3.63, 3.8) is 0 Å². The molecule has 1 aromatic heterocycles. The lowest BCUT2D eigenvalue weighted by Gasteiger charge is -2.17. The van der Waals surface area contributed by atoms with Crippen molar-refractivity contribution >= 4 is 70.7 Å². The summed E-state index contributed by atoms with van der Waals surface area (Å²) in [6.45, 7) is 5.43. The van der Waals surface area contributed by atoms with E-state index in [9.17, 15) is 47.9 Å². The largest absolute Gasteiger partial charge is 0.452 e. The summed E-state index contributed by atoms with van der Waals surface area (Å²) in [7, 11) is 0. The smallest absolute Gasteiger partial charge is 0.347 e. The first-order valence-corrected chi connectivity index (χ1v) is 24.0. The van der Waals surface area contributed by atoms with Crippen LogP contribution in [-0.4, -0.2) is 59.7 Å². The van der Waals surface area contributed by atoms with Crippen LogP contribution in [0.5, 0.6) is 57.5 Å². The Hall–Kier alpha value is -11.6. The normalized spacial score (nSPS) is 10.5. The first-order valence-electron chi connectivity index (χ1n) is 24.0. The summed E-state index contributed by atoms with van der Waals surface area (Å²) >= 11 is 0. The Labute approximate surface area is 462 Å². The molecule has 0 fully saturated rings. The van der Waals surface area contributed by atoms with Crippen LogP contribution in [0.1, 0.15) is 86.4 Å². The second-order valence-electron chi connectivity index (χ2n) is 16.9. The zero-order valence-electron chi connectivity index (χ0n) is 43.4. The molecule has 22 heteroatoms. The molecule has 0 amide bonds. The Bertz CT molecular complexity index is 4020. The van der Waals surface area contributed by atoms with Gasteiger partial charge in [-0.05, 0) is 78.9 Å². The molecule has 0 bridgehead atoms. The van der Waals surface area contributed by atoms with Crippen molar-refractivity contribution in [3.8, 4) is 68.8 Å². The topological polar surface area (TPSA) is 293 Å². The number of ether oxygens (including phenoxy) is 10. The van der Waals surface area contributed by atoms with Crippen LogP contribution in [-0.2, 0) is 24.0 Å². The van der Waals surface area contributed by atoms with Gasteiger partial charge in [-0.3, -0.25) is 28.8 Å². The fourth-order valence-corrected chi connectivity index (χ4v) is 7.65. The fraction of sp³-hybridized carbons (Fsp3) is 0.0833. The number of esters is 10. The van der Waals surface area contributed by atoms with Crippen molar-refractivity contribution in [1.29, 1.82) is 0 Å². The molecule has 82 heavy (non-hydrogen) atoms. The zero-order valence-corrected chi connectivity index (χ0v) is 43.4. The highest BCUT2D eigenvalue weighted by Crippen LogP contribution is 2.42. The van der Waals surface area contributed by atoms with Gasteiger partial charge in [0.2, 0.25) is 11.2 Å². The highest BCUT2D eigenvalue weighted by atomic mass is 16.6. The third-order valence-electron chi connectivity index (χ3n) is 10.9. The van der Waals surface area contributed by atoms with E-state index in [0.717, 1.165) is 65.0 Å². The molecule has 8 rings (SSSR count). The van der Waals surface area contributed by atoms with Gasteiger partial charge in [0, 0.05) is 52.3 Å². The minimum atomic E-state index is -1.33.